The van der Waals surface area contributed by atoms with Gasteiger partial charge in [0.1, 0.15) is 19.3 Å². The largest absolute Gasteiger partial charge is 0.472 e. The Kier molecular flexibility index (Phi) is 77.9. The fraction of sp³-hybridized carbons (Fsp3) is 0.955. The molecule has 0 aromatic rings. The van der Waals surface area contributed by atoms with Crippen LogP contribution in [0.25, 0.3) is 0 Å². The first-order valence-corrected chi connectivity index (χ1v) is 48.5. The molecule has 0 aliphatic rings. The Hall–Kier alpha value is -1.94. The topological polar surface area (TPSA) is 237 Å². The number of esters is 4. The van der Waals surface area contributed by atoms with Crippen LogP contribution in [-0.2, 0) is 65.4 Å². The number of aliphatic hydroxyl groups excluding tert-OH is 1. The second-order valence-corrected chi connectivity index (χ2v) is 35.5. The van der Waals surface area contributed by atoms with Gasteiger partial charge in [0.25, 0.3) is 0 Å². The summed E-state index contributed by atoms with van der Waals surface area (Å²) in [6.45, 7) is 9.71. The van der Waals surface area contributed by atoms with Crippen LogP contribution in [0.15, 0.2) is 0 Å². The van der Waals surface area contributed by atoms with Crippen LogP contribution in [0.5, 0.6) is 0 Å². The van der Waals surface area contributed by atoms with Gasteiger partial charge in [-0.15, -0.1) is 0 Å². The molecule has 5 atom stereocenters. The maximum atomic E-state index is 13.2. The first-order chi connectivity index (χ1) is 51.9. The summed E-state index contributed by atoms with van der Waals surface area (Å²) in [6.07, 6.45) is 72.4. The molecule has 0 aliphatic heterocycles. The lowest BCUT2D eigenvalue weighted by Gasteiger charge is -2.21. The van der Waals surface area contributed by atoms with E-state index < -0.39 is 97.5 Å². The van der Waals surface area contributed by atoms with Crippen LogP contribution < -0.4 is 0 Å². The number of hydrogen-bond donors (Lipinski definition) is 3. The number of ether oxygens (including phenoxy) is 4. The van der Waals surface area contributed by atoms with Crippen LogP contribution in [0.2, 0.25) is 0 Å². The zero-order chi connectivity index (χ0) is 78.5. The Morgan fingerprint density at radius 2 is 0.430 bits per heavy atom. The molecular formula is C88H172O17P2. The van der Waals surface area contributed by atoms with E-state index in [1.807, 2.05) is 0 Å². The molecule has 0 aromatic carbocycles. The van der Waals surface area contributed by atoms with Crippen molar-refractivity contribution < 1.29 is 80.2 Å². The van der Waals surface area contributed by atoms with Crippen molar-refractivity contribution in [3.8, 4) is 0 Å². The summed E-state index contributed by atoms with van der Waals surface area (Å²) in [5.41, 5.74) is 0. The summed E-state index contributed by atoms with van der Waals surface area (Å²) in [5.74, 6) is -0.494. The highest BCUT2D eigenvalue weighted by molar-refractivity contribution is 7.47. The second-order valence-electron chi connectivity index (χ2n) is 32.6. The van der Waals surface area contributed by atoms with Gasteiger partial charge < -0.3 is 33.8 Å². The lowest BCUT2D eigenvalue weighted by Crippen LogP contribution is -2.30. The molecule has 17 nitrogen and oxygen atoms in total. The Morgan fingerprint density at radius 1 is 0.252 bits per heavy atom. The highest BCUT2D eigenvalue weighted by Crippen LogP contribution is 2.45. The zero-order valence-corrected chi connectivity index (χ0v) is 72.2. The quantitative estimate of drug-likeness (QED) is 0.0222. The Balaban J connectivity index is 5.20. The summed E-state index contributed by atoms with van der Waals surface area (Å²) in [6, 6.07) is 0. The van der Waals surface area contributed by atoms with E-state index in [0.29, 0.717) is 25.7 Å². The van der Waals surface area contributed by atoms with E-state index in [-0.39, 0.29) is 25.7 Å². The number of phosphoric acid groups is 2. The Bertz CT molecular complexity index is 2050. The fourth-order valence-electron chi connectivity index (χ4n) is 13.8. The molecule has 19 heteroatoms. The molecular weight excluding hydrogens is 1390 g/mol. The van der Waals surface area contributed by atoms with E-state index in [9.17, 15) is 43.2 Å². The number of unbranched alkanes of at least 4 members (excludes halogenated alkanes) is 57. The van der Waals surface area contributed by atoms with Crippen molar-refractivity contribution in [1.29, 1.82) is 0 Å². The number of phosphoric ester groups is 2. The van der Waals surface area contributed by atoms with E-state index in [4.69, 9.17) is 37.0 Å². The maximum Gasteiger partial charge on any atom is 0.472 e. The van der Waals surface area contributed by atoms with Gasteiger partial charge in [-0.25, -0.2) is 9.13 Å². The maximum absolute atomic E-state index is 13.2. The first-order valence-electron chi connectivity index (χ1n) is 45.5. The van der Waals surface area contributed by atoms with E-state index in [0.717, 1.165) is 102 Å². The molecule has 0 bridgehead atoms. The molecule has 0 amide bonds. The van der Waals surface area contributed by atoms with Crippen LogP contribution >= 0.6 is 15.6 Å². The Morgan fingerprint density at radius 3 is 0.636 bits per heavy atom. The molecule has 0 radical (unpaired) electrons. The van der Waals surface area contributed by atoms with Crippen molar-refractivity contribution in [2.75, 3.05) is 39.6 Å². The Labute approximate surface area is 658 Å². The summed E-state index contributed by atoms with van der Waals surface area (Å²) in [5, 5.41) is 10.7. The SMILES string of the molecule is CCCCCCCCCCCCCCCCCCCCCCCC(=O)OC[C@H](COP(=O)(O)OC[C@@H](O)COP(=O)(O)OC[C@@H](COC(=O)CCCCCCCCCCC)OC(=O)CCCCCCCCCCCCCCCC(C)C)OC(=O)CCCCCCCCCCCCCCCCCCCCC(C)C. The van der Waals surface area contributed by atoms with Gasteiger partial charge in [0.15, 0.2) is 12.2 Å². The molecule has 0 rings (SSSR count). The first kappa shape index (κ1) is 105. The standard InChI is InChI=1S/C88H172O17P2/c1-7-9-11-13-15-17-18-19-20-21-22-23-24-28-31-36-41-47-53-59-65-71-86(91)99-77-84(105-87(92)72-66-60-54-48-42-37-32-29-26-25-27-30-34-39-45-50-56-62-68-80(3)4)79-103-107(96,97)101-75-82(89)74-100-106(94,95)102-78-83(76-98-85(90)70-64-58-52-44-16-14-12-10-8-2)104-88(93)73-67-61-55-49-43-38-33-35-40-46-51-57-63-69-81(5)6/h80-84,89H,7-79H2,1-6H3,(H,94,95)(H,96,97)/t82-,83+,84+/m0/s1. The molecule has 0 saturated heterocycles. The van der Waals surface area contributed by atoms with Gasteiger partial charge in [-0.2, -0.15) is 0 Å². The van der Waals surface area contributed by atoms with Crippen LogP contribution in [0.4, 0.5) is 0 Å². The van der Waals surface area contributed by atoms with Crippen molar-refractivity contribution in [3.05, 3.63) is 0 Å². The van der Waals surface area contributed by atoms with Crippen LogP contribution in [-0.4, -0.2) is 96.7 Å². The lowest BCUT2D eigenvalue weighted by atomic mass is 10.0. The third-order valence-corrected chi connectivity index (χ3v) is 22.6. The van der Waals surface area contributed by atoms with E-state index in [2.05, 4.69) is 41.5 Å². The molecule has 107 heavy (non-hydrogen) atoms. The molecule has 0 heterocycles. The van der Waals surface area contributed by atoms with Crippen molar-refractivity contribution in [2.45, 2.75) is 490 Å². The third-order valence-electron chi connectivity index (χ3n) is 20.7. The van der Waals surface area contributed by atoms with Crippen molar-refractivity contribution in [2.24, 2.45) is 11.8 Å². The lowest BCUT2D eigenvalue weighted by molar-refractivity contribution is -0.161. The highest BCUT2D eigenvalue weighted by atomic mass is 31.2. The molecule has 0 aliphatic carbocycles. The summed E-state index contributed by atoms with van der Waals surface area (Å²) >= 11 is 0. The van der Waals surface area contributed by atoms with Gasteiger partial charge in [0, 0.05) is 25.7 Å². The minimum absolute atomic E-state index is 0.108. The number of rotatable bonds is 87. The van der Waals surface area contributed by atoms with Gasteiger partial charge in [0.05, 0.1) is 26.4 Å². The summed E-state index contributed by atoms with van der Waals surface area (Å²) in [7, 11) is -9.93. The third kappa shape index (κ3) is 81.9. The number of hydrogen-bond acceptors (Lipinski definition) is 15. The van der Waals surface area contributed by atoms with Gasteiger partial charge in [-0.05, 0) is 37.5 Å². The van der Waals surface area contributed by atoms with Crippen LogP contribution in [0.3, 0.4) is 0 Å². The van der Waals surface area contributed by atoms with Crippen LogP contribution in [0.1, 0.15) is 472 Å². The van der Waals surface area contributed by atoms with Gasteiger partial charge in [0.2, 0.25) is 0 Å². The van der Waals surface area contributed by atoms with E-state index in [1.165, 1.54) is 289 Å². The summed E-state index contributed by atoms with van der Waals surface area (Å²) < 4.78 is 68.9. The van der Waals surface area contributed by atoms with Crippen LogP contribution in [0, 0.1) is 11.8 Å². The fourth-order valence-corrected chi connectivity index (χ4v) is 15.4. The number of aliphatic hydroxyl groups is 1. The molecule has 0 saturated carbocycles. The second kappa shape index (κ2) is 79.3. The molecule has 636 valence electrons. The molecule has 3 N–H and O–H groups in total. The molecule has 0 fully saturated rings. The number of carbonyl (C=O) groups excluding carboxylic acids is 4. The van der Waals surface area contributed by atoms with Gasteiger partial charge in [-0.1, -0.05) is 420 Å². The van der Waals surface area contributed by atoms with Gasteiger partial charge >= 0.3 is 39.5 Å². The van der Waals surface area contributed by atoms with Gasteiger partial charge in [-0.3, -0.25) is 37.3 Å². The predicted molar refractivity (Wildman–Crippen MR) is 442 cm³/mol. The average Bonchev–Trinajstić information content (AvgIpc) is 0.901. The minimum Gasteiger partial charge on any atom is -0.462 e. The van der Waals surface area contributed by atoms with Crippen molar-refractivity contribution in [3.63, 3.8) is 0 Å². The molecule has 2 unspecified atom stereocenters. The summed E-state index contributed by atoms with van der Waals surface area (Å²) in [4.78, 5) is 73.2. The zero-order valence-electron chi connectivity index (χ0n) is 70.5. The van der Waals surface area contributed by atoms with E-state index in [1.54, 1.807) is 0 Å². The average molecular weight is 1560 g/mol. The smallest absolute Gasteiger partial charge is 0.462 e. The minimum atomic E-state index is -4.97. The van der Waals surface area contributed by atoms with Crippen molar-refractivity contribution >= 4 is 39.5 Å². The molecule has 0 aromatic heterocycles. The van der Waals surface area contributed by atoms with Crippen molar-refractivity contribution in [1.82, 2.24) is 0 Å². The predicted octanol–water partition coefficient (Wildman–Crippen LogP) is 27.0. The van der Waals surface area contributed by atoms with E-state index >= 15 is 0 Å². The number of carbonyl (C=O) groups is 4. The normalized spacial score (nSPS) is 13.8. The molecule has 0 spiro atoms. The monoisotopic (exact) mass is 1560 g/mol. The highest BCUT2D eigenvalue weighted by Gasteiger charge is 2.30.